The average molecular weight is 451 g/mol. The zero-order valence-corrected chi connectivity index (χ0v) is 17.9. The van der Waals surface area contributed by atoms with Gasteiger partial charge >= 0.3 is 5.97 Å². The number of hydrogen-bond acceptors (Lipinski definition) is 9. The SMILES string of the molecule is COc1ccc(C(=O)NC(=O)COC(=O)c2cc(-c3cccs3)nc3onc(C)c23)cc1. The molecule has 0 atom stereocenters. The van der Waals surface area contributed by atoms with Crippen molar-refractivity contribution in [2.45, 2.75) is 6.92 Å². The standard InChI is InChI=1S/C22H17N3O6S/c1-12-19-15(10-16(17-4-3-9-32-17)23-21(19)31-25-12)22(28)30-11-18(26)24-20(27)13-5-7-14(29-2)8-6-13/h3-10H,11H2,1-2H3,(H,24,26,27). The van der Waals surface area contributed by atoms with Crippen molar-refractivity contribution in [2.24, 2.45) is 0 Å². The molecule has 1 N–H and O–H groups in total. The van der Waals surface area contributed by atoms with Gasteiger partial charge in [-0.2, -0.15) is 0 Å². The second kappa shape index (κ2) is 8.98. The summed E-state index contributed by atoms with van der Waals surface area (Å²) in [7, 11) is 1.51. The van der Waals surface area contributed by atoms with Crippen molar-refractivity contribution in [2.75, 3.05) is 13.7 Å². The molecule has 4 rings (SSSR count). The Kier molecular flexibility index (Phi) is 5.95. The fraction of sp³-hybridized carbons (Fsp3) is 0.136. The first-order valence-corrected chi connectivity index (χ1v) is 10.3. The Labute approximate surface area is 186 Å². The van der Waals surface area contributed by atoms with E-state index in [0.29, 0.717) is 22.5 Å². The summed E-state index contributed by atoms with van der Waals surface area (Å²) in [4.78, 5) is 42.3. The Morgan fingerprint density at radius 1 is 1.16 bits per heavy atom. The summed E-state index contributed by atoms with van der Waals surface area (Å²) in [5.74, 6) is -1.55. The number of carbonyl (C=O) groups excluding carboxylic acids is 3. The molecule has 0 saturated heterocycles. The van der Waals surface area contributed by atoms with Crippen LogP contribution in [0.25, 0.3) is 21.7 Å². The molecule has 0 aliphatic heterocycles. The topological polar surface area (TPSA) is 121 Å². The number of benzene rings is 1. The van der Waals surface area contributed by atoms with Crippen LogP contribution in [0.15, 0.2) is 52.4 Å². The zero-order valence-electron chi connectivity index (χ0n) is 17.1. The van der Waals surface area contributed by atoms with E-state index in [0.717, 1.165) is 4.88 Å². The van der Waals surface area contributed by atoms with Gasteiger partial charge in [-0.3, -0.25) is 14.9 Å². The lowest BCUT2D eigenvalue weighted by atomic mass is 10.1. The highest BCUT2D eigenvalue weighted by Gasteiger charge is 2.22. The third kappa shape index (κ3) is 4.35. The third-order valence-corrected chi connectivity index (χ3v) is 5.44. The molecule has 0 bridgehead atoms. The molecule has 1 aromatic carbocycles. The number of nitrogens with zero attached hydrogens (tertiary/aromatic N) is 2. The highest BCUT2D eigenvalue weighted by Crippen LogP contribution is 2.29. The van der Waals surface area contributed by atoms with E-state index in [1.54, 1.807) is 25.1 Å². The minimum atomic E-state index is -0.759. The minimum Gasteiger partial charge on any atom is -0.497 e. The predicted molar refractivity (Wildman–Crippen MR) is 116 cm³/mol. The quantitative estimate of drug-likeness (QED) is 0.443. The van der Waals surface area contributed by atoms with Crippen LogP contribution in [0.1, 0.15) is 26.4 Å². The lowest BCUT2D eigenvalue weighted by molar-refractivity contribution is -0.123. The van der Waals surface area contributed by atoms with Gasteiger partial charge < -0.3 is 14.0 Å². The number of aryl methyl sites for hydroxylation is 1. The van der Waals surface area contributed by atoms with Crippen LogP contribution >= 0.6 is 11.3 Å². The van der Waals surface area contributed by atoms with Crippen LogP contribution in [-0.4, -0.2) is 41.6 Å². The summed E-state index contributed by atoms with van der Waals surface area (Å²) in [6.07, 6.45) is 0. The molecule has 3 aromatic heterocycles. The Morgan fingerprint density at radius 3 is 2.62 bits per heavy atom. The number of pyridine rings is 1. The van der Waals surface area contributed by atoms with E-state index >= 15 is 0 Å². The molecule has 9 nitrogen and oxygen atoms in total. The molecule has 4 aromatic rings. The number of methoxy groups -OCH3 is 1. The predicted octanol–water partition coefficient (Wildman–Crippen LogP) is 3.38. The second-order valence-electron chi connectivity index (χ2n) is 6.66. The number of thiophene rings is 1. The molecule has 32 heavy (non-hydrogen) atoms. The Bertz CT molecular complexity index is 1300. The number of amides is 2. The van der Waals surface area contributed by atoms with Crippen LogP contribution < -0.4 is 10.1 Å². The molecule has 162 valence electrons. The summed E-state index contributed by atoms with van der Waals surface area (Å²) < 4.78 is 15.4. The third-order valence-electron chi connectivity index (χ3n) is 4.55. The Hall–Kier alpha value is -4.05. The number of fused-ring (bicyclic) bond motifs is 1. The molecule has 0 aliphatic rings. The van der Waals surface area contributed by atoms with E-state index in [2.05, 4.69) is 15.5 Å². The molecule has 2 amide bonds. The fourth-order valence-corrected chi connectivity index (χ4v) is 3.68. The normalized spacial score (nSPS) is 10.7. The molecule has 0 spiro atoms. The number of carbonyl (C=O) groups is 3. The number of rotatable bonds is 6. The van der Waals surface area contributed by atoms with Gasteiger partial charge in [-0.1, -0.05) is 11.2 Å². The van der Waals surface area contributed by atoms with Gasteiger partial charge in [0.05, 0.1) is 34.3 Å². The maximum Gasteiger partial charge on any atom is 0.339 e. The van der Waals surface area contributed by atoms with Crippen LogP contribution in [0.3, 0.4) is 0 Å². The van der Waals surface area contributed by atoms with Crippen molar-refractivity contribution < 1.29 is 28.4 Å². The van der Waals surface area contributed by atoms with Crippen molar-refractivity contribution in [1.82, 2.24) is 15.5 Å². The van der Waals surface area contributed by atoms with E-state index in [1.165, 1.54) is 30.6 Å². The van der Waals surface area contributed by atoms with Gasteiger partial charge in [0.1, 0.15) is 5.75 Å². The zero-order chi connectivity index (χ0) is 22.7. The summed E-state index contributed by atoms with van der Waals surface area (Å²) in [5, 5.41) is 8.34. The highest BCUT2D eigenvalue weighted by atomic mass is 32.1. The smallest absolute Gasteiger partial charge is 0.339 e. The van der Waals surface area contributed by atoms with E-state index in [1.807, 2.05) is 17.5 Å². The maximum absolute atomic E-state index is 12.8. The molecule has 10 heteroatoms. The number of esters is 1. The van der Waals surface area contributed by atoms with Gasteiger partial charge in [-0.15, -0.1) is 11.3 Å². The van der Waals surface area contributed by atoms with Gasteiger partial charge in [0.2, 0.25) is 0 Å². The van der Waals surface area contributed by atoms with Crippen molar-refractivity contribution >= 4 is 40.2 Å². The van der Waals surface area contributed by atoms with Gasteiger partial charge in [-0.25, -0.2) is 9.78 Å². The Morgan fingerprint density at radius 2 is 1.94 bits per heavy atom. The van der Waals surface area contributed by atoms with Crippen LogP contribution in [-0.2, 0) is 9.53 Å². The lowest BCUT2D eigenvalue weighted by Crippen LogP contribution is -2.34. The van der Waals surface area contributed by atoms with Crippen molar-refractivity contribution in [3.63, 3.8) is 0 Å². The molecule has 0 radical (unpaired) electrons. The van der Waals surface area contributed by atoms with E-state index < -0.39 is 24.4 Å². The van der Waals surface area contributed by atoms with Crippen LogP contribution in [0, 0.1) is 6.92 Å². The minimum absolute atomic E-state index is 0.173. The van der Waals surface area contributed by atoms with Gasteiger partial charge in [0.25, 0.3) is 17.5 Å². The second-order valence-corrected chi connectivity index (χ2v) is 7.61. The first-order valence-electron chi connectivity index (χ1n) is 9.42. The van der Waals surface area contributed by atoms with E-state index in [-0.39, 0.29) is 16.8 Å². The van der Waals surface area contributed by atoms with Crippen LogP contribution in [0.5, 0.6) is 5.75 Å². The Balaban J connectivity index is 1.47. The summed E-state index contributed by atoms with van der Waals surface area (Å²) in [5.41, 5.74) is 1.62. The summed E-state index contributed by atoms with van der Waals surface area (Å²) >= 11 is 1.45. The summed E-state index contributed by atoms with van der Waals surface area (Å²) in [6, 6.07) is 11.5. The first kappa shape index (κ1) is 21.2. The van der Waals surface area contributed by atoms with Crippen LogP contribution in [0.2, 0.25) is 0 Å². The molecular weight excluding hydrogens is 434 g/mol. The number of hydrogen-bond donors (Lipinski definition) is 1. The van der Waals surface area contributed by atoms with E-state index in [4.69, 9.17) is 14.0 Å². The van der Waals surface area contributed by atoms with Gasteiger partial charge in [-0.05, 0) is 48.7 Å². The highest BCUT2D eigenvalue weighted by molar-refractivity contribution is 7.13. The van der Waals surface area contributed by atoms with Crippen LogP contribution in [0.4, 0.5) is 0 Å². The van der Waals surface area contributed by atoms with Crippen molar-refractivity contribution in [3.8, 4) is 16.3 Å². The molecular formula is C22H17N3O6S. The molecule has 0 fully saturated rings. The van der Waals surface area contributed by atoms with E-state index in [9.17, 15) is 14.4 Å². The maximum atomic E-state index is 12.8. The number of imide groups is 1. The average Bonchev–Trinajstić information content (AvgIpc) is 3.47. The lowest BCUT2D eigenvalue weighted by Gasteiger charge is -2.08. The van der Waals surface area contributed by atoms with Gasteiger partial charge in [0.15, 0.2) is 6.61 Å². The number of aromatic nitrogens is 2. The van der Waals surface area contributed by atoms with Crippen molar-refractivity contribution in [1.29, 1.82) is 0 Å². The largest absolute Gasteiger partial charge is 0.497 e. The first-order chi connectivity index (χ1) is 15.5. The molecule has 0 unspecified atom stereocenters. The molecule has 0 aliphatic carbocycles. The summed E-state index contributed by atoms with van der Waals surface area (Å²) in [6.45, 7) is 1.04. The fourth-order valence-electron chi connectivity index (χ4n) is 2.99. The van der Waals surface area contributed by atoms with Gasteiger partial charge in [0, 0.05) is 5.56 Å². The molecule has 0 saturated carbocycles. The number of ether oxygens (including phenoxy) is 2. The monoisotopic (exact) mass is 451 g/mol. The van der Waals surface area contributed by atoms with Crippen molar-refractivity contribution in [3.05, 3.63) is 64.7 Å². The molecule has 3 heterocycles. The number of nitrogens with one attached hydrogen (secondary N) is 1.